The number of nitrogens with zero attached hydrogens (tertiary/aromatic N) is 4. The van der Waals surface area contributed by atoms with E-state index in [4.69, 9.17) is 29.5 Å². The number of amides is 2. The van der Waals surface area contributed by atoms with Crippen molar-refractivity contribution in [2.45, 2.75) is 107 Å². The molecule has 0 aromatic carbocycles. The van der Waals surface area contributed by atoms with Gasteiger partial charge in [0.05, 0.1) is 46.0 Å². The van der Waals surface area contributed by atoms with Crippen molar-refractivity contribution in [2.24, 2.45) is 11.8 Å². The monoisotopic (exact) mass is 821 g/mol. The van der Waals surface area contributed by atoms with Crippen LogP contribution in [0.1, 0.15) is 107 Å². The molecule has 18 nitrogen and oxygen atoms in total. The lowest BCUT2D eigenvalue weighted by atomic mass is 9.97. The van der Waals surface area contributed by atoms with Gasteiger partial charge in [0, 0.05) is 38.0 Å². The summed E-state index contributed by atoms with van der Waals surface area (Å²) >= 11 is 0. The van der Waals surface area contributed by atoms with Crippen LogP contribution >= 0.6 is 0 Å². The predicted molar refractivity (Wildman–Crippen MR) is 212 cm³/mol. The molecule has 0 saturated heterocycles. The van der Waals surface area contributed by atoms with Gasteiger partial charge < -0.3 is 39.3 Å². The van der Waals surface area contributed by atoms with E-state index in [0.717, 1.165) is 37.0 Å². The Hall–Kier alpha value is -4.32. The van der Waals surface area contributed by atoms with E-state index in [1.165, 1.54) is 9.80 Å². The van der Waals surface area contributed by atoms with Crippen molar-refractivity contribution in [1.29, 1.82) is 0 Å². The molecule has 2 unspecified atom stereocenters. The summed E-state index contributed by atoms with van der Waals surface area (Å²) in [7, 11) is 0. The number of carbonyl (C=O) groups is 8. The number of unbranched alkanes of at least 4 members (excludes halogenated alkanes) is 2. The van der Waals surface area contributed by atoms with E-state index in [2.05, 4.69) is 6.92 Å². The summed E-state index contributed by atoms with van der Waals surface area (Å²) in [5.41, 5.74) is 0. The summed E-state index contributed by atoms with van der Waals surface area (Å²) in [5.74, 6) is -5.83. The highest BCUT2D eigenvalue weighted by Crippen LogP contribution is 2.17. The Morgan fingerprint density at radius 3 is 1.07 bits per heavy atom. The zero-order valence-corrected chi connectivity index (χ0v) is 34.6. The first kappa shape index (κ1) is 57.0. The van der Waals surface area contributed by atoms with Gasteiger partial charge in [-0.1, -0.05) is 60.8 Å². The average Bonchev–Trinajstić information content (AvgIpc) is 3.12. The lowest BCUT2D eigenvalue weighted by Crippen LogP contribution is -2.46. The number of carboxylic acid groups (broad SMARTS) is 3. The SMILES string of the molecule is C.CCCCC(CC)C(=O)N(CCN(CC(=O)O)CC(=O)O)CC(=O)O.CCCCC(CC)C(=O)N(CCN(CC(=O)OCC)CC(=O)OCC)CC(=O)OCC. The van der Waals surface area contributed by atoms with E-state index in [-0.39, 0.29) is 96.7 Å². The van der Waals surface area contributed by atoms with Gasteiger partial charge in [0.25, 0.3) is 0 Å². The second kappa shape index (κ2) is 34.9. The number of hydrogen-bond acceptors (Lipinski definition) is 13. The molecule has 0 rings (SSSR count). The zero-order valence-electron chi connectivity index (χ0n) is 34.6. The van der Waals surface area contributed by atoms with Crippen LogP contribution < -0.4 is 0 Å². The van der Waals surface area contributed by atoms with Crippen molar-refractivity contribution < 1.29 is 67.9 Å². The number of aliphatic carboxylic acids is 3. The first-order valence-electron chi connectivity index (χ1n) is 19.7. The van der Waals surface area contributed by atoms with E-state index in [0.29, 0.717) is 19.3 Å². The molecule has 0 aliphatic heterocycles. The largest absolute Gasteiger partial charge is 0.480 e. The van der Waals surface area contributed by atoms with Crippen LogP contribution in [-0.4, -0.2) is 168 Å². The van der Waals surface area contributed by atoms with Crippen LogP contribution in [0.4, 0.5) is 0 Å². The lowest BCUT2D eigenvalue weighted by Gasteiger charge is -2.29. The van der Waals surface area contributed by atoms with Crippen molar-refractivity contribution in [3.8, 4) is 0 Å². The molecule has 0 aliphatic carbocycles. The topological polar surface area (TPSA) is 238 Å². The molecule has 332 valence electrons. The highest BCUT2D eigenvalue weighted by atomic mass is 16.5. The summed E-state index contributed by atoms with van der Waals surface area (Å²) in [4.78, 5) is 99.6. The molecule has 0 fully saturated rings. The normalized spacial score (nSPS) is 11.6. The summed E-state index contributed by atoms with van der Waals surface area (Å²) in [6, 6.07) is 0. The molecule has 18 heteroatoms. The molecule has 0 bridgehead atoms. The van der Waals surface area contributed by atoms with Gasteiger partial charge >= 0.3 is 35.8 Å². The molecule has 2 atom stereocenters. The molecule has 0 heterocycles. The standard InChI is InChI=1S/C22H40N2O7.C16H28N2O7.CH4/c1-6-11-12-18(7-2)22(28)24(17-21(27)31-10-5)14-13-23(15-19(25)29-8-3)16-20(26)30-9-4;1-3-5-6-12(4-2)16(25)18(11-15(23)24)8-7-17(9-13(19)20)10-14(21)22;/h18H,6-17H2,1-5H3;12H,3-11H2,1-2H3,(H,19,20)(H,21,22)(H,23,24);1H4. The van der Waals surface area contributed by atoms with E-state index >= 15 is 0 Å². The van der Waals surface area contributed by atoms with Crippen molar-refractivity contribution in [2.75, 3.05) is 85.3 Å². The Labute approximate surface area is 339 Å². The first-order chi connectivity index (χ1) is 26.5. The number of hydrogen-bond donors (Lipinski definition) is 3. The summed E-state index contributed by atoms with van der Waals surface area (Å²) in [6.45, 7) is 12.2. The van der Waals surface area contributed by atoms with E-state index in [1.54, 1.807) is 25.7 Å². The van der Waals surface area contributed by atoms with E-state index < -0.39 is 55.5 Å². The molecule has 0 aliphatic rings. The minimum absolute atomic E-state index is 0. The fourth-order valence-corrected chi connectivity index (χ4v) is 5.60. The number of carbonyl (C=O) groups excluding carboxylic acids is 5. The molecule has 3 N–H and O–H groups in total. The van der Waals surface area contributed by atoms with E-state index in [9.17, 15) is 38.4 Å². The Kier molecular flexibility index (Phi) is 34.9. The number of carboxylic acids is 3. The lowest BCUT2D eigenvalue weighted by molar-refractivity contribution is -0.152. The smallest absolute Gasteiger partial charge is 0.325 e. The molecule has 0 radical (unpaired) electrons. The van der Waals surface area contributed by atoms with Gasteiger partial charge in [0.2, 0.25) is 11.8 Å². The highest BCUT2D eigenvalue weighted by molar-refractivity contribution is 5.84. The molecule has 0 aromatic rings. The van der Waals surface area contributed by atoms with Gasteiger partial charge in [-0.3, -0.25) is 48.2 Å². The number of esters is 3. The first-order valence-corrected chi connectivity index (χ1v) is 19.7. The maximum absolute atomic E-state index is 13.1. The van der Waals surface area contributed by atoms with E-state index in [1.807, 2.05) is 20.8 Å². The average molecular weight is 821 g/mol. The molecular weight excluding hydrogens is 748 g/mol. The fraction of sp³-hybridized carbons (Fsp3) is 0.795. The van der Waals surface area contributed by atoms with Crippen LogP contribution in [0.25, 0.3) is 0 Å². The summed E-state index contributed by atoms with van der Waals surface area (Å²) < 4.78 is 15.0. The van der Waals surface area contributed by atoms with Gasteiger partial charge in [0.15, 0.2) is 0 Å². The van der Waals surface area contributed by atoms with Crippen molar-refractivity contribution >= 4 is 47.6 Å². The quantitative estimate of drug-likeness (QED) is 0.0672. The minimum atomic E-state index is -1.19. The third kappa shape index (κ3) is 28.7. The molecule has 0 aromatic heterocycles. The Bertz CT molecular complexity index is 1170. The number of ether oxygens (including phenoxy) is 3. The third-order valence-electron chi connectivity index (χ3n) is 8.48. The van der Waals surface area contributed by atoms with Crippen LogP contribution in [0.5, 0.6) is 0 Å². The minimum Gasteiger partial charge on any atom is -0.480 e. The van der Waals surface area contributed by atoms with Gasteiger partial charge in [-0.05, 0) is 46.5 Å². The van der Waals surface area contributed by atoms with Crippen molar-refractivity contribution in [3.05, 3.63) is 0 Å². The van der Waals surface area contributed by atoms with Crippen LogP contribution in [-0.2, 0) is 52.6 Å². The molecular formula is C39H72N4O14. The molecule has 0 spiro atoms. The fourth-order valence-electron chi connectivity index (χ4n) is 5.60. The van der Waals surface area contributed by atoms with Crippen LogP contribution in [0.15, 0.2) is 0 Å². The highest BCUT2D eigenvalue weighted by Gasteiger charge is 2.27. The Morgan fingerprint density at radius 1 is 0.456 bits per heavy atom. The van der Waals surface area contributed by atoms with Gasteiger partial charge in [-0.2, -0.15) is 0 Å². The van der Waals surface area contributed by atoms with Crippen molar-refractivity contribution in [3.63, 3.8) is 0 Å². The second-order valence-corrected chi connectivity index (χ2v) is 13.0. The van der Waals surface area contributed by atoms with Crippen LogP contribution in [0.3, 0.4) is 0 Å². The Morgan fingerprint density at radius 2 is 0.772 bits per heavy atom. The Balaban J connectivity index is -0.00000103. The zero-order chi connectivity index (χ0) is 43.1. The van der Waals surface area contributed by atoms with Gasteiger partial charge in [-0.15, -0.1) is 0 Å². The summed E-state index contributed by atoms with van der Waals surface area (Å²) in [5, 5.41) is 26.7. The maximum Gasteiger partial charge on any atom is 0.325 e. The molecule has 57 heavy (non-hydrogen) atoms. The van der Waals surface area contributed by atoms with Crippen LogP contribution in [0, 0.1) is 11.8 Å². The predicted octanol–water partition coefficient (Wildman–Crippen LogP) is 3.25. The maximum atomic E-state index is 13.1. The van der Waals surface area contributed by atoms with Crippen molar-refractivity contribution in [1.82, 2.24) is 19.6 Å². The van der Waals surface area contributed by atoms with Gasteiger partial charge in [-0.25, -0.2) is 0 Å². The van der Waals surface area contributed by atoms with Gasteiger partial charge in [0.1, 0.15) is 13.1 Å². The summed E-state index contributed by atoms with van der Waals surface area (Å²) in [6.07, 6.45) is 6.36. The van der Waals surface area contributed by atoms with Crippen LogP contribution in [0.2, 0.25) is 0 Å². The second-order valence-electron chi connectivity index (χ2n) is 13.0. The number of rotatable bonds is 31. The third-order valence-corrected chi connectivity index (χ3v) is 8.48. The molecule has 0 saturated carbocycles. The molecule has 2 amide bonds.